The fourth-order valence-corrected chi connectivity index (χ4v) is 4.19. The number of aromatic amines is 1. The highest BCUT2D eigenvalue weighted by Crippen LogP contribution is 2.38. The van der Waals surface area contributed by atoms with E-state index in [1.165, 1.54) is 29.5 Å². The Hall–Kier alpha value is -2.24. The molecule has 0 spiro atoms. The molecule has 1 unspecified atom stereocenters. The second-order valence-electron chi connectivity index (χ2n) is 7.25. The van der Waals surface area contributed by atoms with Crippen LogP contribution in [0.1, 0.15) is 41.9 Å². The molecule has 0 saturated carbocycles. The monoisotopic (exact) mass is 402 g/mol. The van der Waals surface area contributed by atoms with Crippen LogP contribution >= 0.6 is 12.4 Å². The molecule has 28 heavy (non-hydrogen) atoms. The standard InChI is InChI=1S/C22H26N2O3.ClH/c1-26-20-7-3-5-17-16(4-2-6-18(17)20)11-13-23-12-10-15-8-9-21-19(14-15)24-22(25)27-21;/h3,5,7-9,14,16,23H,2,4,6,10-13H2,1H3,(H,24,25);1H. The molecule has 6 heteroatoms. The Kier molecular flexibility index (Phi) is 6.81. The molecule has 1 atom stereocenters. The number of benzene rings is 2. The van der Waals surface area contributed by atoms with Gasteiger partial charge in [0.05, 0.1) is 12.6 Å². The first-order valence-electron chi connectivity index (χ1n) is 9.73. The third-order valence-corrected chi connectivity index (χ3v) is 5.55. The molecule has 1 aliphatic rings. The van der Waals surface area contributed by atoms with Crippen LogP contribution in [0.15, 0.2) is 45.6 Å². The van der Waals surface area contributed by atoms with Crippen LogP contribution in [-0.4, -0.2) is 25.2 Å². The topological polar surface area (TPSA) is 67.3 Å². The van der Waals surface area contributed by atoms with Gasteiger partial charge in [0.2, 0.25) is 0 Å². The zero-order valence-electron chi connectivity index (χ0n) is 16.1. The molecule has 2 aromatic carbocycles. The minimum atomic E-state index is -0.398. The Balaban J connectivity index is 0.00000225. The Morgan fingerprint density at radius 3 is 3.00 bits per heavy atom. The van der Waals surface area contributed by atoms with Crippen LogP contribution in [0.2, 0.25) is 0 Å². The Morgan fingerprint density at radius 1 is 1.25 bits per heavy atom. The van der Waals surface area contributed by atoms with Crippen molar-refractivity contribution in [1.82, 2.24) is 10.3 Å². The van der Waals surface area contributed by atoms with Crippen molar-refractivity contribution < 1.29 is 9.15 Å². The van der Waals surface area contributed by atoms with Gasteiger partial charge in [0.15, 0.2) is 5.58 Å². The average molecular weight is 403 g/mol. The molecule has 1 aromatic heterocycles. The summed E-state index contributed by atoms with van der Waals surface area (Å²) in [6, 6.07) is 12.3. The Bertz CT molecular complexity index is 979. The molecule has 0 aliphatic heterocycles. The van der Waals surface area contributed by atoms with E-state index < -0.39 is 5.76 Å². The molecule has 2 N–H and O–H groups in total. The van der Waals surface area contributed by atoms with Gasteiger partial charge < -0.3 is 14.5 Å². The van der Waals surface area contributed by atoms with Crippen molar-refractivity contribution in [2.75, 3.05) is 20.2 Å². The maximum absolute atomic E-state index is 11.2. The largest absolute Gasteiger partial charge is 0.496 e. The average Bonchev–Trinajstić information content (AvgIpc) is 3.06. The third-order valence-electron chi connectivity index (χ3n) is 5.55. The molecular formula is C22H27ClN2O3. The highest BCUT2D eigenvalue weighted by Gasteiger charge is 2.22. The van der Waals surface area contributed by atoms with Gasteiger partial charge in [-0.2, -0.15) is 0 Å². The highest BCUT2D eigenvalue weighted by molar-refractivity contribution is 5.85. The van der Waals surface area contributed by atoms with Gasteiger partial charge in [-0.3, -0.25) is 4.98 Å². The fourth-order valence-electron chi connectivity index (χ4n) is 4.19. The van der Waals surface area contributed by atoms with Gasteiger partial charge in [-0.1, -0.05) is 18.2 Å². The SMILES string of the molecule is COc1cccc2c1CCCC2CCNCCc1ccc2oc(=O)[nH]c2c1.Cl. The lowest BCUT2D eigenvalue weighted by Crippen LogP contribution is -2.22. The van der Waals surface area contributed by atoms with Crippen molar-refractivity contribution in [2.24, 2.45) is 0 Å². The van der Waals surface area contributed by atoms with E-state index in [9.17, 15) is 4.79 Å². The number of fused-ring (bicyclic) bond motifs is 2. The van der Waals surface area contributed by atoms with Crippen LogP contribution in [0.4, 0.5) is 0 Å². The van der Waals surface area contributed by atoms with Crippen molar-refractivity contribution in [2.45, 2.75) is 38.0 Å². The van der Waals surface area contributed by atoms with Gasteiger partial charge in [0.1, 0.15) is 5.75 Å². The molecular weight excluding hydrogens is 376 g/mol. The van der Waals surface area contributed by atoms with E-state index in [4.69, 9.17) is 9.15 Å². The number of hydrogen-bond donors (Lipinski definition) is 2. The molecule has 1 aliphatic carbocycles. The predicted molar refractivity (Wildman–Crippen MR) is 114 cm³/mol. The number of ether oxygens (including phenoxy) is 1. The van der Waals surface area contributed by atoms with Gasteiger partial charge >= 0.3 is 5.76 Å². The van der Waals surface area contributed by atoms with E-state index in [1.54, 1.807) is 7.11 Å². The van der Waals surface area contributed by atoms with E-state index >= 15 is 0 Å². The predicted octanol–water partition coefficient (Wildman–Crippen LogP) is 4.19. The summed E-state index contributed by atoms with van der Waals surface area (Å²) in [5.74, 6) is 1.26. The number of rotatable bonds is 7. The summed E-state index contributed by atoms with van der Waals surface area (Å²) in [4.78, 5) is 13.9. The van der Waals surface area contributed by atoms with Crippen molar-refractivity contribution in [1.29, 1.82) is 0 Å². The lowest BCUT2D eigenvalue weighted by atomic mass is 9.80. The minimum Gasteiger partial charge on any atom is -0.496 e. The van der Waals surface area contributed by atoms with Gasteiger partial charge in [0, 0.05) is 0 Å². The number of hydrogen-bond acceptors (Lipinski definition) is 4. The third kappa shape index (κ3) is 4.42. The van der Waals surface area contributed by atoms with Gasteiger partial charge in [-0.25, -0.2) is 4.79 Å². The summed E-state index contributed by atoms with van der Waals surface area (Å²) >= 11 is 0. The van der Waals surface area contributed by atoms with E-state index in [0.717, 1.165) is 43.6 Å². The first-order valence-corrected chi connectivity index (χ1v) is 9.73. The summed E-state index contributed by atoms with van der Waals surface area (Å²) in [7, 11) is 1.76. The molecule has 0 saturated heterocycles. The van der Waals surface area contributed by atoms with Crippen molar-refractivity contribution in [3.63, 3.8) is 0 Å². The number of halogens is 1. The number of H-pyrrole nitrogens is 1. The second kappa shape index (κ2) is 9.30. The minimum absolute atomic E-state index is 0. The zero-order chi connectivity index (χ0) is 18.6. The lowest BCUT2D eigenvalue weighted by Gasteiger charge is -2.27. The van der Waals surface area contributed by atoms with Gasteiger partial charge in [-0.05, 0) is 86.0 Å². The molecule has 0 amide bonds. The Morgan fingerprint density at radius 2 is 2.14 bits per heavy atom. The summed E-state index contributed by atoms with van der Waals surface area (Å²) in [5.41, 5.74) is 5.45. The quantitative estimate of drug-likeness (QED) is 0.581. The van der Waals surface area contributed by atoms with E-state index in [0.29, 0.717) is 11.5 Å². The molecule has 3 aromatic rings. The molecule has 0 bridgehead atoms. The smallest absolute Gasteiger partial charge is 0.417 e. The van der Waals surface area contributed by atoms with Crippen molar-refractivity contribution in [3.8, 4) is 5.75 Å². The maximum Gasteiger partial charge on any atom is 0.417 e. The van der Waals surface area contributed by atoms with Crippen molar-refractivity contribution in [3.05, 3.63) is 63.6 Å². The molecule has 1 heterocycles. The molecule has 5 nitrogen and oxygen atoms in total. The first kappa shape index (κ1) is 20.5. The van der Waals surface area contributed by atoms with Gasteiger partial charge in [0.25, 0.3) is 0 Å². The van der Waals surface area contributed by atoms with Crippen molar-refractivity contribution >= 4 is 23.5 Å². The van der Waals surface area contributed by atoms with E-state index in [2.05, 4.69) is 28.5 Å². The fraction of sp³-hybridized carbons (Fsp3) is 0.409. The maximum atomic E-state index is 11.2. The zero-order valence-corrected chi connectivity index (χ0v) is 16.9. The normalized spacial score (nSPS) is 15.8. The summed E-state index contributed by atoms with van der Waals surface area (Å²) in [6.45, 7) is 1.93. The molecule has 150 valence electrons. The summed E-state index contributed by atoms with van der Waals surface area (Å²) in [5, 5.41) is 3.57. The van der Waals surface area contributed by atoms with Crippen LogP contribution in [0.3, 0.4) is 0 Å². The highest BCUT2D eigenvalue weighted by atomic mass is 35.5. The van der Waals surface area contributed by atoms with Crippen LogP contribution in [0.5, 0.6) is 5.75 Å². The van der Waals surface area contributed by atoms with Gasteiger partial charge in [-0.15, -0.1) is 12.4 Å². The molecule has 4 rings (SSSR count). The van der Waals surface area contributed by atoms with E-state index in [-0.39, 0.29) is 12.4 Å². The molecule has 0 fully saturated rings. The number of oxazole rings is 1. The summed E-state index contributed by atoms with van der Waals surface area (Å²) < 4.78 is 10.6. The summed E-state index contributed by atoms with van der Waals surface area (Å²) in [6.07, 6.45) is 5.70. The first-order chi connectivity index (χ1) is 13.2. The van der Waals surface area contributed by atoms with Crippen LogP contribution < -0.4 is 15.8 Å². The lowest BCUT2D eigenvalue weighted by molar-refractivity contribution is 0.401. The Labute approximate surface area is 170 Å². The van der Waals surface area contributed by atoms with Crippen LogP contribution in [0, 0.1) is 0 Å². The number of methoxy groups -OCH3 is 1. The van der Waals surface area contributed by atoms with Crippen LogP contribution in [-0.2, 0) is 12.8 Å². The van der Waals surface area contributed by atoms with Crippen LogP contribution in [0.25, 0.3) is 11.1 Å². The second-order valence-corrected chi connectivity index (χ2v) is 7.25. The number of aromatic nitrogens is 1. The molecule has 0 radical (unpaired) electrons. The van der Waals surface area contributed by atoms with E-state index in [1.807, 2.05) is 18.2 Å². The number of nitrogens with one attached hydrogen (secondary N) is 2.